The summed E-state index contributed by atoms with van der Waals surface area (Å²) in [4.78, 5) is 17.2. The molecule has 0 spiro atoms. The number of amides is 1. The van der Waals surface area contributed by atoms with Gasteiger partial charge in [0, 0.05) is 38.8 Å². The summed E-state index contributed by atoms with van der Waals surface area (Å²) in [6.07, 6.45) is 5.21. The lowest BCUT2D eigenvalue weighted by atomic mass is 10.0. The van der Waals surface area contributed by atoms with Gasteiger partial charge < -0.3 is 15.6 Å². The molecule has 0 saturated carbocycles. The SMILES string of the molecule is CCCC(C)N1CCN(CC(=O)NCc2ccc3c(c2)CC(C(O)C=NO)=C3)CC1. The Morgan fingerprint density at radius 2 is 2.07 bits per heavy atom. The maximum absolute atomic E-state index is 12.4. The van der Waals surface area contributed by atoms with E-state index in [1.165, 1.54) is 12.8 Å². The molecule has 1 heterocycles. The molecule has 1 amide bonds. The fourth-order valence-corrected chi connectivity index (χ4v) is 4.30. The highest BCUT2D eigenvalue weighted by atomic mass is 16.4. The lowest BCUT2D eigenvalue weighted by molar-refractivity contribution is -0.122. The quantitative estimate of drug-likeness (QED) is 0.326. The number of benzene rings is 1. The minimum Gasteiger partial charge on any atom is -0.411 e. The minimum absolute atomic E-state index is 0.0546. The van der Waals surface area contributed by atoms with E-state index in [-0.39, 0.29) is 5.91 Å². The summed E-state index contributed by atoms with van der Waals surface area (Å²) in [6.45, 7) is 9.39. The van der Waals surface area contributed by atoms with Crippen LogP contribution < -0.4 is 5.32 Å². The number of fused-ring (bicyclic) bond motifs is 1. The van der Waals surface area contributed by atoms with Crippen molar-refractivity contribution in [2.75, 3.05) is 32.7 Å². The molecule has 1 aromatic carbocycles. The van der Waals surface area contributed by atoms with Crippen LogP contribution in [-0.4, -0.2) is 77.1 Å². The highest BCUT2D eigenvalue weighted by molar-refractivity contribution is 5.78. The molecule has 1 fully saturated rings. The van der Waals surface area contributed by atoms with Crippen molar-refractivity contribution in [1.29, 1.82) is 0 Å². The van der Waals surface area contributed by atoms with Crippen LogP contribution in [0.2, 0.25) is 0 Å². The molecule has 1 aromatic rings. The topological polar surface area (TPSA) is 88.4 Å². The molecular weight excluding hydrogens is 380 g/mol. The van der Waals surface area contributed by atoms with E-state index in [4.69, 9.17) is 5.21 Å². The number of aliphatic hydroxyl groups excluding tert-OH is 1. The van der Waals surface area contributed by atoms with Crippen molar-refractivity contribution in [3.05, 3.63) is 40.5 Å². The predicted molar refractivity (Wildman–Crippen MR) is 119 cm³/mol. The van der Waals surface area contributed by atoms with E-state index in [0.29, 0.717) is 25.6 Å². The van der Waals surface area contributed by atoms with Gasteiger partial charge in [-0.2, -0.15) is 0 Å². The zero-order valence-electron chi connectivity index (χ0n) is 18.0. The van der Waals surface area contributed by atoms with E-state index >= 15 is 0 Å². The van der Waals surface area contributed by atoms with Crippen molar-refractivity contribution < 1.29 is 15.1 Å². The summed E-state index contributed by atoms with van der Waals surface area (Å²) >= 11 is 0. The Morgan fingerprint density at radius 3 is 2.77 bits per heavy atom. The van der Waals surface area contributed by atoms with E-state index in [2.05, 4.69) is 40.2 Å². The molecule has 2 unspecified atom stereocenters. The molecule has 7 nitrogen and oxygen atoms in total. The third-order valence-electron chi connectivity index (χ3n) is 6.12. The lowest BCUT2D eigenvalue weighted by Gasteiger charge is -2.37. The van der Waals surface area contributed by atoms with Gasteiger partial charge in [-0.05, 0) is 42.0 Å². The molecule has 1 aliphatic carbocycles. The summed E-state index contributed by atoms with van der Waals surface area (Å²) in [5.41, 5.74) is 4.01. The van der Waals surface area contributed by atoms with Gasteiger partial charge in [-0.1, -0.05) is 42.8 Å². The molecule has 0 bridgehead atoms. The Labute approximate surface area is 179 Å². The van der Waals surface area contributed by atoms with Crippen LogP contribution in [0.5, 0.6) is 0 Å². The maximum Gasteiger partial charge on any atom is 0.234 e. The first kappa shape index (κ1) is 22.5. The van der Waals surface area contributed by atoms with Crippen molar-refractivity contribution in [1.82, 2.24) is 15.1 Å². The smallest absolute Gasteiger partial charge is 0.234 e. The number of hydrogen-bond acceptors (Lipinski definition) is 6. The van der Waals surface area contributed by atoms with Crippen molar-refractivity contribution in [3.8, 4) is 0 Å². The van der Waals surface area contributed by atoms with E-state index in [0.717, 1.165) is 54.7 Å². The largest absolute Gasteiger partial charge is 0.411 e. The van der Waals surface area contributed by atoms with Gasteiger partial charge in [0.1, 0.15) is 6.10 Å². The van der Waals surface area contributed by atoms with Crippen LogP contribution in [-0.2, 0) is 17.8 Å². The summed E-state index contributed by atoms with van der Waals surface area (Å²) in [5, 5.41) is 24.5. The summed E-state index contributed by atoms with van der Waals surface area (Å²) in [6, 6.07) is 6.69. The van der Waals surface area contributed by atoms with Gasteiger partial charge >= 0.3 is 0 Å². The Kier molecular flexibility index (Phi) is 8.01. The van der Waals surface area contributed by atoms with E-state index in [1.54, 1.807) is 0 Å². The van der Waals surface area contributed by atoms with Crippen molar-refractivity contribution in [2.24, 2.45) is 5.16 Å². The van der Waals surface area contributed by atoms with Crippen LogP contribution in [0.25, 0.3) is 6.08 Å². The summed E-state index contributed by atoms with van der Waals surface area (Å²) < 4.78 is 0. The molecule has 1 saturated heterocycles. The lowest BCUT2D eigenvalue weighted by Crippen LogP contribution is -2.51. The first-order valence-electron chi connectivity index (χ1n) is 10.9. The number of nitrogens with zero attached hydrogens (tertiary/aromatic N) is 3. The van der Waals surface area contributed by atoms with Crippen molar-refractivity contribution in [3.63, 3.8) is 0 Å². The molecule has 2 aliphatic rings. The Balaban J connectivity index is 1.42. The average Bonchev–Trinajstić information content (AvgIpc) is 3.17. The standard InChI is InChI=1S/C23H34N4O3/c1-3-4-17(2)27-9-7-26(8-10-27)16-23(29)24-14-18-5-6-19-12-21(13-20(19)11-18)22(28)15-25-30/h5-6,11-12,15,17,22,28,30H,3-4,7-10,13-14,16H2,1-2H3,(H,24,29). The number of piperazine rings is 1. The molecule has 2 atom stereocenters. The highest BCUT2D eigenvalue weighted by Crippen LogP contribution is 2.27. The van der Waals surface area contributed by atoms with Gasteiger partial charge in [0.05, 0.1) is 12.8 Å². The zero-order valence-corrected chi connectivity index (χ0v) is 18.0. The second-order valence-corrected chi connectivity index (χ2v) is 8.37. The number of aliphatic hydroxyl groups is 1. The number of nitrogens with one attached hydrogen (secondary N) is 1. The highest BCUT2D eigenvalue weighted by Gasteiger charge is 2.22. The van der Waals surface area contributed by atoms with Gasteiger partial charge in [-0.3, -0.25) is 14.6 Å². The third-order valence-corrected chi connectivity index (χ3v) is 6.12. The van der Waals surface area contributed by atoms with Gasteiger partial charge in [-0.25, -0.2) is 0 Å². The van der Waals surface area contributed by atoms with Gasteiger partial charge in [0.2, 0.25) is 5.91 Å². The molecule has 164 valence electrons. The molecular formula is C23H34N4O3. The van der Waals surface area contributed by atoms with E-state index in [1.807, 2.05) is 18.2 Å². The van der Waals surface area contributed by atoms with E-state index < -0.39 is 6.10 Å². The number of carbonyl (C=O) groups excluding carboxylic acids is 1. The normalized spacial score (nSPS) is 19.5. The van der Waals surface area contributed by atoms with Crippen LogP contribution in [0.1, 0.15) is 43.4 Å². The van der Waals surface area contributed by atoms with Crippen LogP contribution in [0.3, 0.4) is 0 Å². The molecule has 3 N–H and O–H groups in total. The predicted octanol–water partition coefficient (Wildman–Crippen LogP) is 1.87. The van der Waals surface area contributed by atoms with E-state index in [9.17, 15) is 9.90 Å². The van der Waals surface area contributed by atoms with Crippen molar-refractivity contribution in [2.45, 2.75) is 51.8 Å². The maximum atomic E-state index is 12.4. The molecule has 30 heavy (non-hydrogen) atoms. The van der Waals surface area contributed by atoms with Crippen LogP contribution >= 0.6 is 0 Å². The van der Waals surface area contributed by atoms with Gasteiger partial charge in [-0.15, -0.1) is 0 Å². The monoisotopic (exact) mass is 414 g/mol. The van der Waals surface area contributed by atoms with Crippen LogP contribution in [0.4, 0.5) is 0 Å². The zero-order chi connectivity index (χ0) is 21.5. The van der Waals surface area contributed by atoms with Crippen molar-refractivity contribution >= 4 is 18.2 Å². The number of oxime groups is 1. The summed E-state index contributed by atoms with van der Waals surface area (Å²) in [7, 11) is 0. The first-order valence-corrected chi connectivity index (χ1v) is 10.9. The van der Waals surface area contributed by atoms with Crippen LogP contribution in [0.15, 0.2) is 28.9 Å². The second kappa shape index (κ2) is 10.7. The third kappa shape index (κ3) is 5.90. The minimum atomic E-state index is -0.879. The molecule has 1 aliphatic heterocycles. The average molecular weight is 415 g/mol. The number of hydrogen-bond donors (Lipinski definition) is 3. The van der Waals surface area contributed by atoms with Gasteiger partial charge in [0.25, 0.3) is 0 Å². The van der Waals surface area contributed by atoms with Gasteiger partial charge in [0.15, 0.2) is 0 Å². The second-order valence-electron chi connectivity index (χ2n) is 8.37. The molecule has 0 aromatic heterocycles. The Hall–Kier alpha value is -2.22. The number of rotatable bonds is 9. The molecule has 3 rings (SSSR count). The summed E-state index contributed by atoms with van der Waals surface area (Å²) in [5.74, 6) is 0.0546. The molecule has 0 radical (unpaired) electrons. The number of carbonyl (C=O) groups is 1. The molecule has 7 heteroatoms. The van der Waals surface area contributed by atoms with Crippen LogP contribution in [0, 0.1) is 0 Å². The fraction of sp³-hybridized carbons (Fsp3) is 0.565. The first-order chi connectivity index (χ1) is 14.5. The Bertz CT molecular complexity index is 785. The Morgan fingerprint density at radius 1 is 1.30 bits per heavy atom. The fourth-order valence-electron chi connectivity index (χ4n) is 4.30.